The van der Waals surface area contributed by atoms with Crippen LogP contribution in [-0.2, 0) is 19.1 Å². The molecule has 0 aromatic heterocycles. The Kier molecular flexibility index (Phi) is 4.91. The van der Waals surface area contributed by atoms with Crippen LogP contribution in [0.1, 0.15) is 20.8 Å². The first-order valence-corrected chi connectivity index (χ1v) is 4.33. The molecule has 0 amide bonds. The standard InChI is InChI=1S/C10H16O4/c1-6(2)8(10(12)14-5)7(3)9(11)13-4/h6H,1-5H3/b8-7-. The molecule has 0 aliphatic rings. The van der Waals surface area contributed by atoms with Gasteiger partial charge in [-0.05, 0) is 12.8 Å². The number of ether oxygens (including phenoxy) is 2. The van der Waals surface area contributed by atoms with Crippen LogP contribution in [0.25, 0.3) is 0 Å². The molecule has 4 nitrogen and oxygen atoms in total. The lowest BCUT2D eigenvalue weighted by Crippen LogP contribution is -2.16. The van der Waals surface area contributed by atoms with E-state index in [-0.39, 0.29) is 5.92 Å². The summed E-state index contributed by atoms with van der Waals surface area (Å²) in [5, 5.41) is 0. The van der Waals surface area contributed by atoms with E-state index in [1.807, 2.05) is 13.8 Å². The average Bonchev–Trinajstić information content (AvgIpc) is 2.15. The first-order chi connectivity index (χ1) is 6.45. The molecule has 14 heavy (non-hydrogen) atoms. The number of carbonyl (C=O) groups excluding carboxylic acids is 2. The molecule has 0 N–H and O–H groups in total. The molecule has 0 rings (SSSR count). The quantitative estimate of drug-likeness (QED) is 0.509. The van der Waals surface area contributed by atoms with Crippen LogP contribution >= 0.6 is 0 Å². The summed E-state index contributed by atoms with van der Waals surface area (Å²) in [4.78, 5) is 22.5. The van der Waals surface area contributed by atoms with Crippen LogP contribution in [0, 0.1) is 5.92 Å². The first-order valence-electron chi connectivity index (χ1n) is 4.33. The lowest BCUT2D eigenvalue weighted by atomic mass is 9.98. The SMILES string of the molecule is COC(=O)/C(C)=C(\C(=O)OC)C(C)C. The molecule has 0 aromatic rings. The lowest BCUT2D eigenvalue weighted by molar-refractivity contribution is -0.139. The average molecular weight is 200 g/mol. The summed E-state index contributed by atoms with van der Waals surface area (Å²) < 4.78 is 9.12. The van der Waals surface area contributed by atoms with Crippen molar-refractivity contribution in [2.45, 2.75) is 20.8 Å². The van der Waals surface area contributed by atoms with Crippen molar-refractivity contribution in [1.82, 2.24) is 0 Å². The van der Waals surface area contributed by atoms with E-state index in [4.69, 9.17) is 0 Å². The smallest absolute Gasteiger partial charge is 0.334 e. The Hall–Kier alpha value is -1.32. The fourth-order valence-electron chi connectivity index (χ4n) is 1.19. The van der Waals surface area contributed by atoms with Gasteiger partial charge in [0.15, 0.2) is 0 Å². The van der Waals surface area contributed by atoms with Crippen LogP contribution in [0.2, 0.25) is 0 Å². The Morgan fingerprint density at radius 2 is 1.43 bits per heavy atom. The summed E-state index contributed by atoms with van der Waals surface area (Å²) in [7, 11) is 2.57. The van der Waals surface area contributed by atoms with Crippen molar-refractivity contribution in [1.29, 1.82) is 0 Å². The van der Waals surface area contributed by atoms with E-state index < -0.39 is 11.9 Å². The van der Waals surface area contributed by atoms with E-state index in [9.17, 15) is 9.59 Å². The minimum atomic E-state index is -0.501. The topological polar surface area (TPSA) is 52.6 Å². The third-order valence-electron chi connectivity index (χ3n) is 1.88. The molecular weight excluding hydrogens is 184 g/mol. The Bertz CT molecular complexity index is 263. The van der Waals surface area contributed by atoms with Crippen molar-refractivity contribution in [2.75, 3.05) is 14.2 Å². The Labute approximate surface area is 83.9 Å². The maximum Gasteiger partial charge on any atom is 0.334 e. The van der Waals surface area contributed by atoms with Crippen LogP contribution in [0.5, 0.6) is 0 Å². The van der Waals surface area contributed by atoms with Crippen molar-refractivity contribution < 1.29 is 19.1 Å². The van der Waals surface area contributed by atoms with Gasteiger partial charge < -0.3 is 9.47 Å². The van der Waals surface area contributed by atoms with Crippen LogP contribution < -0.4 is 0 Å². The van der Waals surface area contributed by atoms with Crippen LogP contribution in [-0.4, -0.2) is 26.2 Å². The highest BCUT2D eigenvalue weighted by Gasteiger charge is 2.21. The molecule has 0 atom stereocenters. The maximum atomic E-state index is 11.3. The van der Waals surface area contributed by atoms with Crippen LogP contribution in [0.4, 0.5) is 0 Å². The Morgan fingerprint density at radius 3 is 1.71 bits per heavy atom. The van der Waals surface area contributed by atoms with E-state index in [1.54, 1.807) is 6.92 Å². The normalized spacial score (nSPS) is 12.1. The number of hydrogen-bond acceptors (Lipinski definition) is 4. The van der Waals surface area contributed by atoms with Crippen molar-refractivity contribution in [3.8, 4) is 0 Å². The summed E-state index contributed by atoms with van der Waals surface area (Å²) in [6.45, 7) is 5.19. The van der Waals surface area contributed by atoms with Crippen LogP contribution in [0.3, 0.4) is 0 Å². The summed E-state index contributed by atoms with van der Waals surface area (Å²) in [6, 6.07) is 0. The molecule has 0 aromatic carbocycles. The molecule has 80 valence electrons. The predicted molar refractivity (Wildman–Crippen MR) is 51.6 cm³/mol. The molecule has 0 radical (unpaired) electrons. The second kappa shape index (κ2) is 5.42. The van der Waals surface area contributed by atoms with Gasteiger partial charge in [0.2, 0.25) is 0 Å². The van der Waals surface area contributed by atoms with Gasteiger partial charge in [0.1, 0.15) is 0 Å². The molecule has 0 spiro atoms. The molecule has 0 saturated heterocycles. The molecule has 4 heteroatoms. The van der Waals surface area contributed by atoms with Crippen molar-refractivity contribution in [2.24, 2.45) is 5.92 Å². The molecule has 0 aliphatic heterocycles. The van der Waals surface area contributed by atoms with E-state index in [1.165, 1.54) is 14.2 Å². The number of carbonyl (C=O) groups is 2. The number of esters is 2. The minimum Gasteiger partial charge on any atom is -0.466 e. The molecule has 0 unspecified atom stereocenters. The molecule has 0 saturated carbocycles. The fraction of sp³-hybridized carbons (Fsp3) is 0.600. The fourth-order valence-corrected chi connectivity index (χ4v) is 1.19. The highest BCUT2D eigenvalue weighted by atomic mass is 16.5. The zero-order chi connectivity index (χ0) is 11.3. The maximum absolute atomic E-state index is 11.3. The zero-order valence-electron chi connectivity index (χ0n) is 9.21. The van der Waals surface area contributed by atoms with Gasteiger partial charge in [-0.3, -0.25) is 0 Å². The van der Waals surface area contributed by atoms with Crippen LogP contribution in [0.15, 0.2) is 11.1 Å². The third kappa shape index (κ3) is 2.87. The van der Waals surface area contributed by atoms with Crippen molar-refractivity contribution in [3.05, 3.63) is 11.1 Å². The number of hydrogen-bond donors (Lipinski definition) is 0. The van der Waals surface area contributed by atoms with E-state index in [2.05, 4.69) is 9.47 Å². The van der Waals surface area contributed by atoms with E-state index >= 15 is 0 Å². The zero-order valence-corrected chi connectivity index (χ0v) is 9.21. The summed E-state index contributed by atoms with van der Waals surface area (Å²) in [6.07, 6.45) is 0. The monoisotopic (exact) mass is 200 g/mol. The van der Waals surface area contributed by atoms with Gasteiger partial charge >= 0.3 is 11.9 Å². The highest BCUT2D eigenvalue weighted by molar-refractivity contribution is 6.00. The summed E-state index contributed by atoms with van der Waals surface area (Å²) in [5.41, 5.74) is 0.661. The predicted octanol–water partition coefficient (Wildman–Crippen LogP) is 1.30. The van der Waals surface area contributed by atoms with Gasteiger partial charge in [-0.15, -0.1) is 0 Å². The minimum absolute atomic E-state index is 0.0680. The van der Waals surface area contributed by atoms with Crippen molar-refractivity contribution in [3.63, 3.8) is 0 Å². The first kappa shape index (κ1) is 12.7. The second-order valence-corrected chi connectivity index (χ2v) is 3.18. The number of rotatable bonds is 3. The summed E-state index contributed by atoms with van der Waals surface area (Å²) in [5.74, 6) is -1.05. The van der Waals surface area contributed by atoms with Gasteiger partial charge in [-0.2, -0.15) is 0 Å². The third-order valence-corrected chi connectivity index (χ3v) is 1.88. The van der Waals surface area contributed by atoms with E-state index in [0.717, 1.165) is 0 Å². The number of methoxy groups -OCH3 is 2. The van der Waals surface area contributed by atoms with Crippen molar-refractivity contribution >= 4 is 11.9 Å². The molecule has 0 heterocycles. The molecule has 0 fully saturated rings. The van der Waals surface area contributed by atoms with E-state index in [0.29, 0.717) is 11.1 Å². The molecule has 0 bridgehead atoms. The molecule has 0 aliphatic carbocycles. The van der Waals surface area contributed by atoms with Gasteiger partial charge in [-0.25, -0.2) is 9.59 Å². The lowest BCUT2D eigenvalue weighted by Gasteiger charge is -2.11. The van der Waals surface area contributed by atoms with Gasteiger partial charge in [0.25, 0.3) is 0 Å². The molecular formula is C10H16O4. The largest absolute Gasteiger partial charge is 0.466 e. The van der Waals surface area contributed by atoms with Gasteiger partial charge in [0, 0.05) is 11.1 Å². The summed E-state index contributed by atoms with van der Waals surface area (Å²) >= 11 is 0. The van der Waals surface area contributed by atoms with Gasteiger partial charge in [-0.1, -0.05) is 13.8 Å². The Balaban J connectivity index is 5.15. The second-order valence-electron chi connectivity index (χ2n) is 3.18. The Morgan fingerprint density at radius 1 is 1.00 bits per heavy atom. The highest BCUT2D eigenvalue weighted by Crippen LogP contribution is 2.17. The van der Waals surface area contributed by atoms with Gasteiger partial charge in [0.05, 0.1) is 14.2 Å².